The Balaban J connectivity index is 2.06. The molecule has 0 bridgehead atoms. The molecule has 3 N–H and O–H groups in total. The van der Waals surface area contributed by atoms with Gasteiger partial charge in [-0.15, -0.1) is 0 Å². The summed E-state index contributed by atoms with van der Waals surface area (Å²) in [5.41, 5.74) is 5.09. The van der Waals surface area contributed by atoms with E-state index in [0.717, 1.165) is 18.9 Å². The molecule has 3 nitrogen and oxygen atoms in total. The molecule has 15 heavy (non-hydrogen) atoms. The number of hydrogen-bond donors (Lipinski definition) is 2. The molecule has 1 atom stereocenters. The van der Waals surface area contributed by atoms with Crippen molar-refractivity contribution in [2.24, 2.45) is 11.7 Å². The van der Waals surface area contributed by atoms with Crippen LogP contribution in [0.3, 0.4) is 0 Å². The molecular weight excluding hydrogens is 188 g/mol. The topological polar surface area (TPSA) is 55.1 Å². The Morgan fingerprint density at radius 1 is 1.40 bits per heavy atom. The number of rotatable bonds is 6. The average molecular weight is 212 g/mol. The van der Waals surface area contributed by atoms with Gasteiger partial charge in [0, 0.05) is 12.5 Å². The van der Waals surface area contributed by atoms with Gasteiger partial charge in [0.2, 0.25) is 5.91 Å². The molecule has 1 aliphatic carbocycles. The predicted molar refractivity (Wildman–Crippen MR) is 62.5 cm³/mol. The first-order valence-electron chi connectivity index (χ1n) is 6.22. The molecule has 0 saturated heterocycles. The van der Waals surface area contributed by atoms with Crippen molar-refractivity contribution in [2.75, 3.05) is 6.54 Å². The van der Waals surface area contributed by atoms with Crippen molar-refractivity contribution >= 4 is 5.91 Å². The summed E-state index contributed by atoms with van der Waals surface area (Å²) in [5, 5.41) is 3.50. The Morgan fingerprint density at radius 2 is 2.07 bits per heavy atom. The SMILES string of the molecule is CC(NCCCC(N)=O)C1CCCCC1. The number of amides is 1. The van der Waals surface area contributed by atoms with E-state index in [2.05, 4.69) is 12.2 Å². The Morgan fingerprint density at radius 3 is 2.67 bits per heavy atom. The second-order valence-corrected chi connectivity index (χ2v) is 4.71. The van der Waals surface area contributed by atoms with Gasteiger partial charge in [-0.3, -0.25) is 4.79 Å². The standard InChI is InChI=1S/C12H24N2O/c1-10(11-6-3-2-4-7-11)14-9-5-8-12(13)15/h10-11,14H,2-9H2,1H3,(H2,13,15). The first-order chi connectivity index (χ1) is 7.20. The van der Waals surface area contributed by atoms with Crippen molar-refractivity contribution in [3.63, 3.8) is 0 Å². The summed E-state index contributed by atoms with van der Waals surface area (Å²) in [7, 11) is 0. The van der Waals surface area contributed by atoms with Gasteiger partial charge in [-0.1, -0.05) is 19.3 Å². The Bertz CT molecular complexity index is 188. The summed E-state index contributed by atoms with van der Waals surface area (Å²) in [6.07, 6.45) is 8.28. The van der Waals surface area contributed by atoms with Crippen molar-refractivity contribution in [2.45, 2.75) is 57.9 Å². The molecule has 0 spiro atoms. The molecule has 1 fully saturated rings. The molecule has 1 amide bonds. The van der Waals surface area contributed by atoms with Gasteiger partial charge in [-0.05, 0) is 38.6 Å². The quantitative estimate of drug-likeness (QED) is 0.660. The van der Waals surface area contributed by atoms with E-state index in [1.165, 1.54) is 32.1 Å². The Labute approximate surface area is 92.8 Å². The zero-order valence-electron chi connectivity index (χ0n) is 9.80. The van der Waals surface area contributed by atoms with Crippen LogP contribution in [-0.2, 0) is 4.79 Å². The third-order valence-corrected chi connectivity index (χ3v) is 3.42. The van der Waals surface area contributed by atoms with Gasteiger partial charge in [0.25, 0.3) is 0 Å². The fourth-order valence-electron chi connectivity index (χ4n) is 2.39. The van der Waals surface area contributed by atoms with Gasteiger partial charge in [-0.25, -0.2) is 0 Å². The fourth-order valence-corrected chi connectivity index (χ4v) is 2.39. The normalized spacial score (nSPS) is 20.1. The summed E-state index contributed by atoms with van der Waals surface area (Å²) in [4.78, 5) is 10.5. The van der Waals surface area contributed by atoms with Crippen molar-refractivity contribution in [1.82, 2.24) is 5.32 Å². The minimum atomic E-state index is -0.192. The molecule has 0 aromatic carbocycles. The molecule has 3 heteroatoms. The van der Waals surface area contributed by atoms with Crippen LogP contribution in [0.15, 0.2) is 0 Å². The van der Waals surface area contributed by atoms with Crippen LogP contribution in [0.25, 0.3) is 0 Å². The maximum atomic E-state index is 10.5. The van der Waals surface area contributed by atoms with Gasteiger partial charge in [-0.2, -0.15) is 0 Å². The van der Waals surface area contributed by atoms with Crippen LogP contribution in [0.5, 0.6) is 0 Å². The summed E-state index contributed by atoms with van der Waals surface area (Å²) in [6, 6.07) is 0.596. The van der Waals surface area contributed by atoms with E-state index in [1.807, 2.05) is 0 Å². The van der Waals surface area contributed by atoms with Gasteiger partial charge in [0.15, 0.2) is 0 Å². The first kappa shape index (κ1) is 12.5. The number of carbonyl (C=O) groups is 1. The van der Waals surface area contributed by atoms with E-state index < -0.39 is 0 Å². The van der Waals surface area contributed by atoms with Crippen LogP contribution in [0.1, 0.15) is 51.9 Å². The van der Waals surface area contributed by atoms with E-state index in [0.29, 0.717) is 12.5 Å². The van der Waals surface area contributed by atoms with Crippen LogP contribution in [0.4, 0.5) is 0 Å². The van der Waals surface area contributed by atoms with Gasteiger partial charge in [0.1, 0.15) is 0 Å². The van der Waals surface area contributed by atoms with Crippen LogP contribution < -0.4 is 11.1 Å². The summed E-state index contributed by atoms with van der Waals surface area (Å²) in [5.74, 6) is 0.648. The molecule has 0 heterocycles. The monoisotopic (exact) mass is 212 g/mol. The van der Waals surface area contributed by atoms with E-state index in [4.69, 9.17) is 5.73 Å². The number of carbonyl (C=O) groups excluding carboxylic acids is 1. The van der Waals surface area contributed by atoms with Gasteiger partial charge >= 0.3 is 0 Å². The van der Waals surface area contributed by atoms with Crippen LogP contribution in [-0.4, -0.2) is 18.5 Å². The van der Waals surface area contributed by atoms with Crippen molar-refractivity contribution in [1.29, 1.82) is 0 Å². The molecule has 1 rings (SSSR count). The molecule has 88 valence electrons. The molecule has 0 aromatic heterocycles. The molecule has 0 aliphatic heterocycles. The number of nitrogens with two attached hydrogens (primary N) is 1. The van der Waals surface area contributed by atoms with Gasteiger partial charge < -0.3 is 11.1 Å². The number of nitrogens with one attached hydrogen (secondary N) is 1. The number of hydrogen-bond acceptors (Lipinski definition) is 2. The highest BCUT2D eigenvalue weighted by Crippen LogP contribution is 2.26. The third kappa shape index (κ3) is 5.17. The molecular formula is C12H24N2O. The highest BCUT2D eigenvalue weighted by Gasteiger charge is 2.18. The van der Waals surface area contributed by atoms with E-state index in [-0.39, 0.29) is 5.91 Å². The summed E-state index contributed by atoms with van der Waals surface area (Å²) in [6.45, 7) is 3.18. The zero-order valence-corrected chi connectivity index (χ0v) is 9.80. The Kier molecular flexibility index (Phi) is 5.69. The molecule has 0 aromatic rings. The van der Waals surface area contributed by atoms with Crippen LogP contribution >= 0.6 is 0 Å². The predicted octanol–water partition coefficient (Wildman–Crippen LogP) is 1.81. The zero-order chi connectivity index (χ0) is 11.1. The second kappa shape index (κ2) is 6.83. The van der Waals surface area contributed by atoms with E-state index in [1.54, 1.807) is 0 Å². The van der Waals surface area contributed by atoms with Crippen molar-refractivity contribution in [3.8, 4) is 0 Å². The minimum Gasteiger partial charge on any atom is -0.370 e. The highest BCUT2D eigenvalue weighted by molar-refractivity contribution is 5.73. The lowest BCUT2D eigenvalue weighted by atomic mass is 9.84. The van der Waals surface area contributed by atoms with Crippen LogP contribution in [0, 0.1) is 5.92 Å². The van der Waals surface area contributed by atoms with Crippen molar-refractivity contribution in [3.05, 3.63) is 0 Å². The highest BCUT2D eigenvalue weighted by atomic mass is 16.1. The minimum absolute atomic E-state index is 0.192. The van der Waals surface area contributed by atoms with Crippen LogP contribution in [0.2, 0.25) is 0 Å². The van der Waals surface area contributed by atoms with E-state index >= 15 is 0 Å². The molecule has 1 aliphatic rings. The lowest BCUT2D eigenvalue weighted by molar-refractivity contribution is -0.118. The maximum Gasteiger partial charge on any atom is 0.217 e. The smallest absolute Gasteiger partial charge is 0.217 e. The lowest BCUT2D eigenvalue weighted by Crippen LogP contribution is -2.35. The number of primary amides is 1. The lowest BCUT2D eigenvalue weighted by Gasteiger charge is -2.28. The summed E-state index contributed by atoms with van der Waals surface area (Å²) < 4.78 is 0. The third-order valence-electron chi connectivity index (χ3n) is 3.42. The van der Waals surface area contributed by atoms with Gasteiger partial charge in [0.05, 0.1) is 0 Å². The molecule has 1 unspecified atom stereocenters. The second-order valence-electron chi connectivity index (χ2n) is 4.71. The Hall–Kier alpha value is -0.570. The largest absolute Gasteiger partial charge is 0.370 e. The van der Waals surface area contributed by atoms with E-state index in [9.17, 15) is 4.79 Å². The first-order valence-corrected chi connectivity index (χ1v) is 6.22. The molecule has 1 saturated carbocycles. The average Bonchev–Trinajstić information content (AvgIpc) is 2.25. The maximum absolute atomic E-state index is 10.5. The summed E-state index contributed by atoms with van der Waals surface area (Å²) >= 11 is 0. The molecule has 0 radical (unpaired) electrons. The fraction of sp³-hybridized carbons (Fsp3) is 0.917. The van der Waals surface area contributed by atoms with Crippen molar-refractivity contribution < 1.29 is 4.79 Å².